The van der Waals surface area contributed by atoms with Crippen molar-refractivity contribution < 1.29 is 19.1 Å². The van der Waals surface area contributed by atoms with Crippen LogP contribution >= 0.6 is 23.1 Å². The molecule has 1 amide bonds. The fourth-order valence-electron chi connectivity index (χ4n) is 2.37. The number of ether oxygens (including phenoxy) is 2. The molecular weight excluding hydrogens is 414 g/mol. The van der Waals surface area contributed by atoms with Crippen LogP contribution in [0.25, 0.3) is 0 Å². The van der Waals surface area contributed by atoms with Crippen molar-refractivity contribution in [2.24, 2.45) is 0 Å². The number of carbonyl (C=O) groups excluding carboxylic acids is 2. The summed E-state index contributed by atoms with van der Waals surface area (Å²) in [6, 6.07) is 9.20. The second-order valence-electron chi connectivity index (χ2n) is 5.69. The molecule has 152 valence electrons. The molecule has 0 saturated heterocycles. The predicted molar refractivity (Wildman–Crippen MR) is 110 cm³/mol. The number of aromatic nitrogens is 4. The Morgan fingerprint density at radius 1 is 1.24 bits per heavy atom. The molecule has 0 saturated carbocycles. The number of esters is 1. The number of hydrogen-bond acceptors (Lipinski definition) is 9. The van der Waals surface area contributed by atoms with Gasteiger partial charge in [-0.15, -0.1) is 16.4 Å². The number of carbonyl (C=O) groups is 2. The Balaban J connectivity index is 1.57. The second kappa shape index (κ2) is 10.0. The van der Waals surface area contributed by atoms with E-state index in [0.717, 1.165) is 11.3 Å². The van der Waals surface area contributed by atoms with E-state index in [-0.39, 0.29) is 18.3 Å². The first-order valence-electron chi connectivity index (χ1n) is 8.67. The number of thioether (sulfide) groups is 1. The number of methoxy groups -OCH3 is 1. The molecular formula is C18H19N5O4S2. The minimum Gasteiger partial charge on any atom is -0.497 e. The summed E-state index contributed by atoms with van der Waals surface area (Å²) < 4.78 is 11.8. The highest BCUT2D eigenvalue weighted by Gasteiger charge is 2.17. The van der Waals surface area contributed by atoms with Crippen molar-refractivity contribution in [1.82, 2.24) is 20.2 Å². The summed E-state index contributed by atoms with van der Waals surface area (Å²) in [6.07, 6.45) is 0. The molecule has 0 bridgehead atoms. The average Bonchev–Trinajstić information content (AvgIpc) is 3.36. The van der Waals surface area contributed by atoms with Gasteiger partial charge >= 0.3 is 5.97 Å². The Bertz CT molecular complexity index is 971. The minimum atomic E-state index is -0.458. The Hall–Kier alpha value is -2.92. The zero-order valence-corrected chi connectivity index (χ0v) is 17.5. The van der Waals surface area contributed by atoms with Gasteiger partial charge < -0.3 is 14.8 Å². The Labute approximate surface area is 175 Å². The van der Waals surface area contributed by atoms with E-state index in [1.165, 1.54) is 23.1 Å². The third kappa shape index (κ3) is 5.55. The summed E-state index contributed by atoms with van der Waals surface area (Å²) >= 11 is 2.48. The molecule has 0 aliphatic carbocycles. The van der Waals surface area contributed by atoms with Crippen molar-refractivity contribution in [3.8, 4) is 5.75 Å². The zero-order chi connectivity index (χ0) is 20.6. The summed E-state index contributed by atoms with van der Waals surface area (Å²) in [5.74, 6) is 0.151. The van der Waals surface area contributed by atoms with Gasteiger partial charge in [-0.3, -0.25) is 4.79 Å². The predicted octanol–water partition coefficient (Wildman–Crippen LogP) is 2.70. The molecule has 0 radical (unpaired) electrons. The molecule has 3 rings (SSSR count). The van der Waals surface area contributed by atoms with Crippen molar-refractivity contribution in [2.75, 3.05) is 24.8 Å². The van der Waals surface area contributed by atoms with Crippen LogP contribution in [0.15, 0.2) is 40.9 Å². The number of benzene rings is 1. The number of thiophene rings is 1. The van der Waals surface area contributed by atoms with Crippen LogP contribution in [0.2, 0.25) is 0 Å². The molecule has 0 aliphatic heterocycles. The SMILES string of the molecule is CCOC(=O)c1ccsc1NC(=O)CSc1nnnn1Cc1ccc(OC)cc1. The van der Waals surface area contributed by atoms with Crippen molar-refractivity contribution in [3.05, 3.63) is 46.8 Å². The first-order valence-corrected chi connectivity index (χ1v) is 10.5. The van der Waals surface area contributed by atoms with Gasteiger partial charge in [0.05, 0.1) is 31.6 Å². The van der Waals surface area contributed by atoms with Gasteiger partial charge in [0.25, 0.3) is 0 Å². The molecule has 2 aromatic heterocycles. The quantitative estimate of drug-likeness (QED) is 0.405. The van der Waals surface area contributed by atoms with Crippen molar-refractivity contribution in [2.45, 2.75) is 18.6 Å². The average molecular weight is 434 g/mol. The van der Waals surface area contributed by atoms with Crippen LogP contribution < -0.4 is 10.1 Å². The van der Waals surface area contributed by atoms with Gasteiger partial charge in [0, 0.05) is 0 Å². The summed E-state index contributed by atoms with van der Waals surface area (Å²) in [6.45, 7) is 2.48. The molecule has 3 aromatic rings. The van der Waals surface area contributed by atoms with Crippen LogP contribution in [0.5, 0.6) is 5.75 Å². The Morgan fingerprint density at radius 3 is 2.76 bits per heavy atom. The summed E-state index contributed by atoms with van der Waals surface area (Å²) in [5.41, 5.74) is 1.35. The summed E-state index contributed by atoms with van der Waals surface area (Å²) in [7, 11) is 1.61. The van der Waals surface area contributed by atoms with Gasteiger partial charge in [-0.2, -0.15) is 0 Å². The first kappa shape index (κ1) is 20.8. The molecule has 1 N–H and O–H groups in total. The summed E-state index contributed by atoms with van der Waals surface area (Å²) in [5, 5.41) is 17.1. The van der Waals surface area contributed by atoms with Gasteiger partial charge in [-0.25, -0.2) is 9.48 Å². The number of rotatable bonds is 9. The number of nitrogens with one attached hydrogen (secondary N) is 1. The number of tetrazole rings is 1. The van der Waals surface area contributed by atoms with Gasteiger partial charge in [-0.05, 0) is 46.5 Å². The molecule has 0 spiro atoms. The molecule has 9 nitrogen and oxygen atoms in total. The number of nitrogens with zero attached hydrogens (tertiary/aromatic N) is 4. The maximum atomic E-state index is 12.3. The van der Waals surface area contributed by atoms with Gasteiger partial charge in [-0.1, -0.05) is 23.9 Å². The van der Waals surface area contributed by atoms with Crippen LogP contribution in [-0.2, 0) is 16.1 Å². The standard InChI is InChI=1S/C18H19N5O4S2/c1-3-27-17(25)14-8-9-28-16(14)19-15(24)11-29-18-20-21-22-23(18)10-12-4-6-13(26-2)7-5-12/h4-9H,3,10-11H2,1-2H3,(H,19,24). The lowest BCUT2D eigenvalue weighted by molar-refractivity contribution is -0.113. The van der Waals surface area contributed by atoms with Crippen LogP contribution in [0, 0.1) is 0 Å². The lowest BCUT2D eigenvalue weighted by atomic mass is 10.2. The van der Waals surface area contributed by atoms with E-state index < -0.39 is 5.97 Å². The normalized spacial score (nSPS) is 10.6. The van der Waals surface area contributed by atoms with E-state index >= 15 is 0 Å². The van der Waals surface area contributed by atoms with Crippen molar-refractivity contribution in [3.63, 3.8) is 0 Å². The number of anilines is 1. The number of hydrogen-bond donors (Lipinski definition) is 1. The first-order chi connectivity index (χ1) is 14.1. The highest BCUT2D eigenvalue weighted by atomic mass is 32.2. The topological polar surface area (TPSA) is 108 Å². The van der Waals surface area contributed by atoms with Gasteiger partial charge in [0.1, 0.15) is 10.8 Å². The van der Waals surface area contributed by atoms with Crippen LogP contribution in [0.3, 0.4) is 0 Å². The van der Waals surface area contributed by atoms with Crippen molar-refractivity contribution >= 4 is 40.0 Å². The molecule has 2 heterocycles. The molecule has 0 unspecified atom stereocenters. The van der Waals surface area contributed by atoms with Crippen LogP contribution in [0.1, 0.15) is 22.8 Å². The maximum Gasteiger partial charge on any atom is 0.341 e. The van der Waals surface area contributed by atoms with Gasteiger partial charge in [0.2, 0.25) is 11.1 Å². The molecule has 0 atom stereocenters. The van der Waals surface area contributed by atoms with E-state index in [9.17, 15) is 9.59 Å². The largest absolute Gasteiger partial charge is 0.497 e. The number of amides is 1. The highest BCUT2D eigenvalue weighted by molar-refractivity contribution is 7.99. The van der Waals surface area contributed by atoms with E-state index in [4.69, 9.17) is 9.47 Å². The summed E-state index contributed by atoms with van der Waals surface area (Å²) in [4.78, 5) is 24.2. The Kier molecular flexibility index (Phi) is 7.19. The lowest BCUT2D eigenvalue weighted by Gasteiger charge is -2.07. The van der Waals surface area contributed by atoms with E-state index in [1.54, 1.807) is 30.2 Å². The lowest BCUT2D eigenvalue weighted by Crippen LogP contribution is -2.16. The smallest absolute Gasteiger partial charge is 0.341 e. The minimum absolute atomic E-state index is 0.100. The molecule has 0 fully saturated rings. The van der Waals surface area contributed by atoms with Gasteiger partial charge in [0.15, 0.2) is 0 Å². The van der Waals surface area contributed by atoms with Crippen LogP contribution in [-0.4, -0.2) is 51.6 Å². The fourth-order valence-corrected chi connectivity index (χ4v) is 3.84. The van der Waals surface area contributed by atoms with Crippen LogP contribution in [0.4, 0.5) is 5.00 Å². The van der Waals surface area contributed by atoms with Crippen molar-refractivity contribution in [1.29, 1.82) is 0 Å². The van der Waals surface area contributed by atoms with E-state index in [0.29, 0.717) is 22.3 Å². The molecule has 29 heavy (non-hydrogen) atoms. The fraction of sp³-hybridized carbons (Fsp3) is 0.278. The molecule has 1 aromatic carbocycles. The molecule has 11 heteroatoms. The maximum absolute atomic E-state index is 12.3. The molecule has 0 aliphatic rings. The third-order valence-electron chi connectivity index (χ3n) is 3.74. The Morgan fingerprint density at radius 2 is 2.03 bits per heavy atom. The second-order valence-corrected chi connectivity index (χ2v) is 7.55. The third-order valence-corrected chi connectivity index (χ3v) is 5.52. The van der Waals surface area contributed by atoms with E-state index in [2.05, 4.69) is 20.8 Å². The monoisotopic (exact) mass is 433 g/mol. The van der Waals surface area contributed by atoms with E-state index in [1.807, 2.05) is 24.3 Å². The zero-order valence-electron chi connectivity index (χ0n) is 15.8. The highest BCUT2D eigenvalue weighted by Crippen LogP contribution is 2.25.